The number of amides is 1. The minimum atomic E-state index is -0.387. The number of carbonyl (C=O) groups excluding carboxylic acids is 1. The molecule has 0 saturated carbocycles. The SMILES string of the molecule is CN1CCOCC1.CNC(=O)c1c(-c2ccc(F)cc2)oc2cc(-c3cc(CO)on3)c(OC(C)C)cc12. The molecule has 0 aliphatic carbocycles. The molecular weight excluding hydrogens is 493 g/mol. The summed E-state index contributed by atoms with van der Waals surface area (Å²) in [6.07, 6.45) is -0.146. The van der Waals surface area contributed by atoms with E-state index in [-0.39, 0.29) is 24.4 Å². The van der Waals surface area contributed by atoms with Crippen molar-refractivity contribution in [3.05, 3.63) is 59.6 Å². The van der Waals surface area contributed by atoms with Crippen molar-refractivity contribution < 1.29 is 32.7 Å². The molecular formula is C28H32FN3O6. The largest absolute Gasteiger partial charge is 0.490 e. The van der Waals surface area contributed by atoms with Gasteiger partial charge in [-0.1, -0.05) is 5.16 Å². The molecule has 4 aromatic rings. The lowest BCUT2D eigenvalue weighted by molar-refractivity contribution is 0.0503. The summed E-state index contributed by atoms with van der Waals surface area (Å²) in [5, 5.41) is 16.5. The minimum Gasteiger partial charge on any atom is -0.490 e. The van der Waals surface area contributed by atoms with Crippen LogP contribution in [-0.4, -0.2) is 67.6 Å². The Hall–Kier alpha value is -3.73. The van der Waals surface area contributed by atoms with Crippen molar-refractivity contribution in [2.24, 2.45) is 0 Å². The number of nitrogens with zero attached hydrogens (tertiary/aromatic N) is 2. The van der Waals surface area contributed by atoms with E-state index in [0.717, 1.165) is 26.3 Å². The molecule has 1 aliphatic rings. The van der Waals surface area contributed by atoms with Crippen molar-refractivity contribution in [3.63, 3.8) is 0 Å². The van der Waals surface area contributed by atoms with Gasteiger partial charge in [0, 0.05) is 42.7 Å². The van der Waals surface area contributed by atoms with Crippen molar-refractivity contribution in [2.45, 2.75) is 26.6 Å². The summed E-state index contributed by atoms with van der Waals surface area (Å²) >= 11 is 0. The van der Waals surface area contributed by atoms with E-state index in [1.54, 1.807) is 30.3 Å². The number of hydrogen-bond acceptors (Lipinski definition) is 8. The molecule has 2 aromatic carbocycles. The molecule has 3 heterocycles. The van der Waals surface area contributed by atoms with Gasteiger partial charge in [-0.3, -0.25) is 4.79 Å². The quantitative estimate of drug-likeness (QED) is 0.379. The number of nitrogens with one attached hydrogen (secondary N) is 1. The first kappa shape index (κ1) is 27.3. The molecule has 38 heavy (non-hydrogen) atoms. The molecule has 0 bridgehead atoms. The predicted octanol–water partition coefficient (Wildman–Crippen LogP) is 4.48. The number of furan rings is 1. The maximum atomic E-state index is 13.4. The van der Waals surface area contributed by atoms with Crippen LogP contribution in [0.1, 0.15) is 30.0 Å². The molecule has 0 spiro atoms. The summed E-state index contributed by atoms with van der Waals surface area (Å²) in [5.41, 5.74) is 2.36. The summed E-state index contributed by atoms with van der Waals surface area (Å²) in [6.45, 7) is 7.50. The second-order valence-corrected chi connectivity index (χ2v) is 9.16. The van der Waals surface area contributed by atoms with Crippen LogP contribution in [0.4, 0.5) is 4.39 Å². The Kier molecular flexibility index (Phi) is 8.77. The van der Waals surface area contributed by atoms with Gasteiger partial charge in [-0.05, 0) is 57.3 Å². The van der Waals surface area contributed by atoms with E-state index >= 15 is 0 Å². The van der Waals surface area contributed by atoms with Gasteiger partial charge in [0.1, 0.15) is 35.2 Å². The zero-order valence-electron chi connectivity index (χ0n) is 21.9. The molecule has 1 amide bonds. The molecule has 2 N–H and O–H groups in total. The van der Waals surface area contributed by atoms with Crippen LogP contribution in [0.2, 0.25) is 0 Å². The van der Waals surface area contributed by atoms with Crippen LogP contribution in [0.15, 0.2) is 51.4 Å². The number of aromatic nitrogens is 1. The van der Waals surface area contributed by atoms with Crippen LogP contribution in [0, 0.1) is 5.82 Å². The van der Waals surface area contributed by atoms with Gasteiger partial charge in [-0.15, -0.1) is 0 Å². The van der Waals surface area contributed by atoms with E-state index in [1.165, 1.54) is 19.2 Å². The van der Waals surface area contributed by atoms with Gasteiger partial charge in [0.2, 0.25) is 0 Å². The fourth-order valence-corrected chi connectivity index (χ4v) is 4.00. The lowest BCUT2D eigenvalue weighted by Crippen LogP contribution is -2.32. The third kappa shape index (κ3) is 6.21. The van der Waals surface area contributed by atoms with Crippen molar-refractivity contribution in [1.29, 1.82) is 0 Å². The number of carbonyl (C=O) groups is 1. The summed E-state index contributed by atoms with van der Waals surface area (Å²) < 4.78 is 35.7. The number of hydrogen-bond donors (Lipinski definition) is 2. The standard InChI is InChI=1S/C23H21FN2O5.C5H11NO/c1-12(2)29-19-10-17-20(9-16(19)18-8-15(11-27)31-26-18)30-22(21(17)23(28)25-3)13-4-6-14(24)7-5-13;1-6-2-4-7-5-3-6/h4-10,12,27H,11H2,1-3H3,(H,25,28);2-5H2,1H3. The Morgan fingerprint density at radius 1 is 1.18 bits per heavy atom. The van der Waals surface area contributed by atoms with Crippen LogP contribution >= 0.6 is 0 Å². The average Bonchev–Trinajstić information content (AvgIpc) is 3.53. The maximum Gasteiger partial charge on any atom is 0.255 e. The lowest BCUT2D eigenvalue weighted by Gasteiger charge is -2.21. The highest BCUT2D eigenvalue weighted by Crippen LogP contribution is 2.40. The molecule has 0 unspecified atom stereocenters. The molecule has 202 valence electrons. The molecule has 0 radical (unpaired) electrons. The van der Waals surface area contributed by atoms with Crippen molar-refractivity contribution in [1.82, 2.24) is 15.4 Å². The Morgan fingerprint density at radius 3 is 2.45 bits per heavy atom. The summed E-state index contributed by atoms with van der Waals surface area (Å²) in [7, 11) is 3.64. The number of rotatable bonds is 6. The highest BCUT2D eigenvalue weighted by Gasteiger charge is 2.25. The first-order chi connectivity index (χ1) is 18.3. The van der Waals surface area contributed by atoms with Crippen LogP contribution in [0.25, 0.3) is 33.6 Å². The molecule has 9 nitrogen and oxygen atoms in total. The molecule has 1 saturated heterocycles. The van der Waals surface area contributed by atoms with Crippen LogP contribution < -0.4 is 10.1 Å². The summed E-state index contributed by atoms with van der Waals surface area (Å²) in [6, 6.07) is 10.8. The van der Waals surface area contributed by atoms with Crippen molar-refractivity contribution >= 4 is 16.9 Å². The zero-order valence-corrected chi connectivity index (χ0v) is 21.9. The summed E-state index contributed by atoms with van der Waals surface area (Å²) in [5.74, 6) is 0.380. The Morgan fingerprint density at radius 2 is 1.89 bits per heavy atom. The Bertz CT molecular complexity index is 1370. The normalized spacial score (nSPS) is 13.9. The van der Waals surface area contributed by atoms with Gasteiger partial charge in [0.05, 0.1) is 24.9 Å². The van der Waals surface area contributed by atoms with Gasteiger partial charge in [-0.2, -0.15) is 0 Å². The van der Waals surface area contributed by atoms with E-state index in [4.69, 9.17) is 18.4 Å². The third-order valence-electron chi connectivity index (χ3n) is 5.94. The predicted molar refractivity (Wildman–Crippen MR) is 140 cm³/mol. The lowest BCUT2D eigenvalue weighted by atomic mass is 10.0. The van der Waals surface area contributed by atoms with E-state index < -0.39 is 0 Å². The second-order valence-electron chi connectivity index (χ2n) is 9.16. The maximum absolute atomic E-state index is 13.4. The number of morpholine rings is 1. The van der Waals surface area contributed by atoms with Gasteiger partial charge in [0.15, 0.2) is 5.76 Å². The van der Waals surface area contributed by atoms with Crippen LogP contribution in [-0.2, 0) is 11.3 Å². The van der Waals surface area contributed by atoms with E-state index in [1.807, 2.05) is 13.8 Å². The van der Waals surface area contributed by atoms with E-state index in [2.05, 4.69) is 22.4 Å². The zero-order chi connectivity index (χ0) is 27.2. The fourth-order valence-electron chi connectivity index (χ4n) is 4.00. The van der Waals surface area contributed by atoms with Gasteiger partial charge in [-0.25, -0.2) is 4.39 Å². The molecule has 1 aliphatic heterocycles. The van der Waals surface area contributed by atoms with E-state index in [9.17, 15) is 14.3 Å². The number of ether oxygens (including phenoxy) is 2. The Labute approximate surface area is 220 Å². The number of aliphatic hydroxyl groups is 1. The number of fused-ring (bicyclic) bond motifs is 1. The van der Waals surface area contributed by atoms with Gasteiger partial charge in [0.25, 0.3) is 5.91 Å². The number of likely N-dealkylation sites (N-methyl/N-ethyl adjacent to an activating group) is 1. The first-order valence-corrected chi connectivity index (χ1v) is 12.4. The van der Waals surface area contributed by atoms with Crippen LogP contribution in [0.5, 0.6) is 5.75 Å². The monoisotopic (exact) mass is 525 g/mol. The molecule has 2 aromatic heterocycles. The van der Waals surface area contributed by atoms with Gasteiger partial charge < -0.3 is 33.7 Å². The average molecular weight is 526 g/mol. The minimum absolute atomic E-state index is 0.146. The van der Waals surface area contributed by atoms with Crippen LogP contribution in [0.3, 0.4) is 0 Å². The second kappa shape index (κ2) is 12.2. The first-order valence-electron chi connectivity index (χ1n) is 12.4. The molecule has 5 rings (SSSR count). The smallest absolute Gasteiger partial charge is 0.255 e. The molecule has 1 fully saturated rings. The topological polar surface area (TPSA) is 110 Å². The Balaban J connectivity index is 0.000000417. The highest BCUT2D eigenvalue weighted by molar-refractivity contribution is 6.12. The van der Waals surface area contributed by atoms with Gasteiger partial charge >= 0.3 is 0 Å². The molecule has 0 atom stereocenters. The van der Waals surface area contributed by atoms with Crippen molar-refractivity contribution in [3.8, 4) is 28.3 Å². The number of halogens is 1. The third-order valence-corrected chi connectivity index (χ3v) is 5.94. The number of benzene rings is 2. The van der Waals surface area contributed by atoms with E-state index in [0.29, 0.717) is 50.6 Å². The summed E-state index contributed by atoms with van der Waals surface area (Å²) in [4.78, 5) is 15.0. The highest BCUT2D eigenvalue weighted by atomic mass is 19.1. The molecule has 10 heteroatoms. The van der Waals surface area contributed by atoms with Crippen molar-refractivity contribution in [2.75, 3.05) is 40.4 Å². The fraction of sp³-hybridized carbons (Fsp3) is 0.357. The number of aliphatic hydroxyl groups excluding tert-OH is 1.